The van der Waals surface area contributed by atoms with E-state index >= 15 is 0 Å². The zero-order valence-electron chi connectivity index (χ0n) is 20.7. The highest BCUT2D eigenvalue weighted by Crippen LogP contribution is 2.35. The molecule has 4 aromatic rings. The lowest BCUT2D eigenvalue weighted by molar-refractivity contribution is 0.203. The van der Waals surface area contributed by atoms with E-state index in [2.05, 4.69) is 36.9 Å². The Hall–Kier alpha value is -4.64. The standard InChI is InChI=1S/C28H23BrFN5O4/c1-38-21-9-2-17(3-10-21)15-35-16-22-24(12-13-31-26(22)34-28(35)37)39-25-11-8-20(14-23(25)30)33-27(36)32-19-6-4-18(29)5-7-19/h2-14H,15-16H2,1H3,(H,31,34,37)(H2,32,33,36). The number of anilines is 3. The molecule has 198 valence electrons. The van der Waals surface area contributed by atoms with Crippen LogP contribution in [0.2, 0.25) is 0 Å². The highest BCUT2D eigenvalue weighted by atomic mass is 79.9. The molecule has 3 aromatic carbocycles. The van der Waals surface area contributed by atoms with Crippen LogP contribution in [0.15, 0.2) is 83.5 Å². The molecule has 2 heterocycles. The second-order valence-electron chi connectivity index (χ2n) is 8.60. The molecule has 9 nitrogen and oxygen atoms in total. The van der Waals surface area contributed by atoms with Crippen molar-refractivity contribution >= 4 is 45.2 Å². The van der Waals surface area contributed by atoms with Gasteiger partial charge in [0.05, 0.1) is 19.2 Å². The molecule has 4 amide bonds. The van der Waals surface area contributed by atoms with Crippen LogP contribution < -0.4 is 25.4 Å². The van der Waals surface area contributed by atoms with Crippen molar-refractivity contribution in [2.24, 2.45) is 0 Å². The van der Waals surface area contributed by atoms with Gasteiger partial charge in [0, 0.05) is 34.7 Å². The zero-order valence-corrected chi connectivity index (χ0v) is 22.3. The fraction of sp³-hybridized carbons (Fsp3) is 0.107. The molecule has 0 spiro atoms. The summed E-state index contributed by atoms with van der Waals surface area (Å²) in [5.41, 5.74) is 2.37. The van der Waals surface area contributed by atoms with Crippen LogP contribution in [0.4, 0.5) is 31.2 Å². The lowest BCUT2D eigenvalue weighted by atomic mass is 10.1. The third kappa shape index (κ3) is 6.27. The molecule has 0 unspecified atom stereocenters. The first-order valence-corrected chi connectivity index (χ1v) is 12.6. The number of ether oxygens (including phenoxy) is 2. The summed E-state index contributed by atoms with van der Waals surface area (Å²) in [5.74, 6) is 0.720. The minimum Gasteiger partial charge on any atom is -0.497 e. The molecule has 0 bridgehead atoms. The Labute approximate surface area is 232 Å². The monoisotopic (exact) mass is 591 g/mol. The maximum atomic E-state index is 15.0. The number of carbonyl (C=O) groups excluding carboxylic acids is 2. The van der Waals surface area contributed by atoms with E-state index in [1.807, 2.05) is 24.3 Å². The van der Waals surface area contributed by atoms with Crippen LogP contribution in [0.3, 0.4) is 0 Å². The Morgan fingerprint density at radius 3 is 2.46 bits per heavy atom. The first-order valence-electron chi connectivity index (χ1n) is 11.9. The molecular weight excluding hydrogens is 569 g/mol. The molecule has 0 saturated heterocycles. The number of urea groups is 2. The number of fused-ring (bicyclic) bond motifs is 1. The Kier molecular flexibility index (Phi) is 7.60. The quantitative estimate of drug-likeness (QED) is 0.215. The Bertz CT molecular complexity index is 1520. The van der Waals surface area contributed by atoms with Crippen LogP contribution in [0, 0.1) is 5.82 Å². The van der Waals surface area contributed by atoms with Gasteiger partial charge in [-0.15, -0.1) is 0 Å². The molecule has 3 N–H and O–H groups in total. The summed E-state index contributed by atoms with van der Waals surface area (Å²) in [5, 5.41) is 8.05. The fourth-order valence-corrected chi connectivity index (χ4v) is 4.22. The first kappa shape index (κ1) is 26.0. The molecule has 0 radical (unpaired) electrons. The predicted molar refractivity (Wildman–Crippen MR) is 149 cm³/mol. The number of nitrogens with zero attached hydrogens (tertiary/aromatic N) is 2. The van der Waals surface area contributed by atoms with Gasteiger partial charge in [0.15, 0.2) is 11.6 Å². The van der Waals surface area contributed by atoms with E-state index in [9.17, 15) is 14.0 Å². The van der Waals surface area contributed by atoms with Crippen molar-refractivity contribution in [2.45, 2.75) is 13.1 Å². The average molecular weight is 592 g/mol. The molecule has 39 heavy (non-hydrogen) atoms. The van der Waals surface area contributed by atoms with Gasteiger partial charge >= 0.3 is 12.1 Å². The van der Waals surface area contributed by atoms with E-state index in [1.165, 1.54) is 24.4 Å². The Morgan fingerprint density at radius 2 is 1.74 bits per heavy atom. The second kappa shape index (κ2) is 11.4. The largest absolute Gasteiger partial charge is 0.497 e. The number of amides is 4. The normalized spacial score (nSPS) is 12.3. The van der Waals surface area contributed by atoms with Crippen LogP contribution in [0.25, 0.3) is 0 Å². The molecule has 11 heteroatoms. The molecule has 0 aliphatic carbocycles. The van der Waals surface area contributed by atoms with Crippen molar-refractivity contribution in [3.8, 4) is 17.2 Å². The van der Waals surface area contributed by atoms with Crippen LogP contribution in [0.5, 0.6) is 17.2 Å². The average Bonchev–Trinajstić information content (AvgIpc) is 2.92. The van der Waals surface area contributed by atoms with Gasteiger partial charge in [-0.1, -0.05) is 28.1 Å². The summed E-state index contributed by atoms with van der Waals surface area (Å²) in [6.45, 7) is 0.564. The van der Waals surface area contributed by atoms with Gasteiger partial charge in [-0.2, -0.15) is 0 Å². The van der Waals surface area contributed by atoms with Crippen LogP contribution in [-0.4, -0.2) is 29.1 Å². The number of pyridine rings is 1. The first-order chi connectivity index (χ1) is 18.9. The summed E-state index contributed by atoms with van der Waals surface area (Å²) in [7, 11) is 1.59. The highest BCUT2D eigenvalue weighted by Gasteiger charge is 2.27. The van der Waals surface area contributed by atoms with E-state index in [1.54, 1.807) is 42.3 Å². The number of aromatic nitrogens is 1. The third-order valence-corrected chi connectivity index (χ3v) is 6.45. The maximum absolute atomic E-state index is 15.0. The SMILES string of the molecule is COc1ccc(CN2Cc3c(Oc4ccc(NC(=O)Nc5ccc(Br)cc5)cc4F)ccnc3NC2=O)cc1. The maximum Gasteiger partial charge on any atom is 0.323 e. The van der Waals surface area contributed by atoms with E-state index in [4.69, 9.17) is 9.47 Å². The summed E-state index contributed by atoms with van der Waals surface area (Å²) >= 11 is 3.34. The molecular formula is C28H23BrFN5O4. The molecule has 1 aliphatic rings. The van der Waals surface area contributed by atoms with Crippen LogP contribution >= 0.6 is 15.9 Å². The Balaban J connectivity index is 1.28. The summed E-state index contributed by atoms with van der Waals surface area (Å²) in [6, 6.07) is 19.4. The predicted octanol–water partition coefficient (Wildman–Crippen LogP) is 6.98. The number of methoxy groups -OCH3 is 1. The number of rotatable bonds is 7. The lowest BCUT2D eigenvalue weighted by Gasteiger charge is -2.29. The minimum absolute atomic E-state index is 0.0409. The number of carbonyl (C=O) groups is 2. The number of nitrogens with one attached hydrogen (secondary N) is 3. The van der Waals surface area contributed by atoms with Gasteiger partial charge in [-0.3, -0.25) is 5.32 Å². The van der Waals surface area contributed by atoms with Crippen molar-refractivity contribution in [1.29, 1.82) is 0 Å². The summed E-state index contributed by atoms with van der Waals surface area (Å²) in [4.78, 5) is 30.8. The van der Waals surface area contributed by atoms with Crippen molar-refractivity contribution in [2.75, 3.05) is 23.1 Å². The van der Waals surface area contributed by atoms with E-state index in [0.29, 0.717) is 29.4 Å². The van der Waals surface area contributed by atoms with E-state index in [-0.39, 0.29) is 24.0 Å². The van der Waals surface area contributed by atoms with Gasteiger partial charge in [0.1, 0.15) is 17.3 Å². The second-order valence-corrected chi connectivity index (χ2v) is 9.52. The number of hydrogen-bond acceptors (Lipinski definition) is 5. The molecule has 5 rings (SSSR count). The van der Waals surface area contributed by atoms with Crippen molar-refractivity contribution in [1.82, 2.24) is 9.88 Å². The molecule has 0 fully saturated rings. The number of hydrogen-bond donors (Lipinski definition) is 3. The lowest BCUT2D eigenvalue weighted by Crippen LogP contribution is -2.38. The topological polar surface area (TPSA) is 105 Å². The molecule has 1 aliphatic heterocycles. The highest BCUT2D eigenvalue weighted by molar-refractivity contribution is 9.10. The number of benzene rings is 3. The third-order valence-electron chi connectivity index (χ3n) is 5.92. The van der Waals surface area contributed by atoms with Gasteiger partial charge in [0.25, 0.3) is 0 Å². The van der Waals surface area contributed by atoms with Gasteiger partial charge in [0.2, 0.25) is 0 Å². The van der Waals surface area contributed by atoms with Gasteiger partial charge < -0.3 is 25.0 Å². The molecule has 1 aromatic heterocycles. The molecule has 0 atom stereocenters. The van der Waals surface area contributed by atoms with Gasteiger partial charge in [-0.05, 0) is 60.2 Å². The summed E-state index contributed by atoms with van der Waals surface area (Å²) in [6.07, 6.45) is 1.48. The minimum atomic E-state index is -0.670. The smallest absolute Gasteiger partial charge is 0.323 e. The van der Waals surface area contributed by atoms with Crippen molar-refractivity contribution < 1.29 is 23.5 Å². The van der Waals surface area contributed by atoms with Crippen LogP contribution in [-0.2, 0) is 13.1 Å². The van der Waals surface area contributed by atoms with Crippen molar-refractivity contribution in [3.63, 3.8) is 0 Å². The molecule has 0 saturated carbocycles. The number of halogens is 2. The van der Waals surface area contributed by atoms with Crippen molar-refractivity contribution in [3.05, 3.63) is 100 Å². The summed E-state index contributed by atoms with van der Waals surface area (Å²) < 4.78 is 26.9. The van der Waals surface area contributed by atoms with Gasteiger partial charge in [-0.25, -0.2) is 19.0 Å². The van der Waals surface area contributed by atoms with Crippen LogP contribution in [0.1, 0.15) is 11.1 Å². The van der Waals surface area contributed by atoms with E-state index < -0.39 is 11.8 Å². The zero-order chi connectivity index (χ0) is 27.4. The Morgan fingerprint density at radius 1 is 1.03 bits per heavy atom. The van der Waals surface area contributed by atoms with E-state index in [0.717, 1.165) is 15.8 Å². The fourth-order valence-electron chi connectivity index (χ4n) is 3.96.